The zero-order valence-electron chi connectivity index (χ0n) is 21.7. The number of ether oxygens (including phenoxy) is 2. The average molecular weight is 569 g/mol. The van der Waals surface area contributed by atoms with Crippen molar-refractivity contribution in [2.45, 2.75) is 52.8 Å². The topological polar surface area (TPSA) is 86.6 Å². The van der Waals surface area contributed by atoms with E-state index < -0.39 is 40.9 Å². The first kappa shape index (κ1) is 28.3. The lowest BCUT2D eigenvalue weighted by Gasteiger charge is -2.28. The molecule has 2 aromatic heterocycles. The first-order valence-electron chi connectivity index (χ1n) is 12.0. The van der Waals surface area contributed by atoms with Crippen molar-refractivity contribution in [3.8, 4) is 16.8 Å². The van der Waals surface area contributed by atoms with Crippen molar-refractivity contribution in [1.29, 1.82) is 0 Å². The number of benzene rings is 1. The van der Waals surface area contributed by atoms with Gasteiger partial charge in [-0.1, -0.05) is 11.6 Å². The molecule has 0 radical (unpaired) electrons. The Labute approximate surface area is 226 Å². The highest BCUT2D eigenvalue weighted by Crippen LogP contribution is 2.46. The molecule has 208 valence electrons. The molecule has 1 aliphatic carbocycles. The van der Waals surface area contributed by atoms with Gasteiger partial charge in [0.2, 0.25) is 0 Å². The summed E-state index contributed by atoms with van der Waals surface area (Å²) in [5, 5.41) is 3.55. The maximum Gasteiger partial charge on any atom is 0.436 e. The number of esters is 1. The number of hydrogen-bond donors (Lipinski definition) is 0. The minimum absolute atomic E-state index is 0.0293. The van der Waals surface area contributed by atoms with Gasteiger partial charge < -0.3 is 9.47 Å². The highest BCUT2D eigenvalue weighted by Gasteiger charge is 2.41. The van der Waals surface area contributed by atoms with E-state index in [0.29, 0.717) is 11.3 Å². The Morgan fingerprint density at radius 2 is 1.87 bits per heavy atom. The molecule has 0 fully saturated rings. The number of amides is 1. The molecule has 0 spiro atoms. The van der Waals surface area contributed by atoms with Gasteiger partial charge in [-0.2, -0.15) is 18.3 Å². The van der Waals surface area contributed by atoms with E-state index in [1.807, 2.05) is 0 Å². The predicted molar refractivity (Wildman–Crippen MR) is 135 cm³/mol. The van der Waals surface area contributed by atoms with E-state index in [2.05, 4.69) is 10.1 Å². The number of halogens is 5. The molecule has 8 nitrogen and oxygen atoms in total. The minimum atomic E-state index is -4.97. The molecule has 39 heavy (non-hydrogen) atoms. The number of carbonyl (C=O) groups excluding carboxylic acids is 2. The van der Waals surface area contributed by atoms with Crippen LogP contribution in [0.15, 0.2) is 24.5 Å². The van der Waals surface area contributed by atoms with Gasteiger partial charge in [0.15, 0.2) is 5.69 Å². The largest absolute Gasteiger partial charge is 0.462 e. The van der Waals surface area contributed by atoms with E-state index in [-0.39, 0.29) is 47.1 Å². The lowest BCUT2D eigenvalue weighted by molar-refractivity contribution is -0.141. The van der Waals surface area contributed by atoms with Crippen LogP contribution in [0.3, 0.4) is 0 Å². The maximum atomic E-state index is 15.0. The van der Waals surface area contributed by atoms with Crippen molar-refractivity contribution in [3.63, 3.8) is 0 Å². The van der Waals surface area contributed by atoms with Crippen LogP contribution < -0.4 is 4.90 Å². The quantitative estimate of drug-likeness (QED) is 0.199. The zero-order valence-corrected chi connectivity index (χ0v) is 22.5. The van der Waals surface area contributed by atoms with Crippen molar-refractivity contribution in [1.82, 2.24) is 14.8 Å². The van der Waals surface area contributed by atoms with Gasteiger partial charge in [0.1, 0.15) is 17.0 Å². The minimum Gasteiger partial charge on any atom is -0.462 e. The summed E-state index contributed by atoms with van der Waals surface area (Å²) in [6, 6.07) is 2.38. The number of alkyl halides is 3. The summed E-state index contributed by atoms with van der Waals surface area (Å²) in [5.41, 5.74) is -1.49. The number of hydrogen-bond acceptors (Lipinski definition) is 6. The summed E-state index contributed by atoms with van der Waals surface area (Å²) in [5.74, 6) is -1.91. The van der Waals surface area contributed by atoms with Crippen molar-refractivity contribution in [3.05, 3.63) is 57.9 Å². The second-order valence-electron chi connectivity index (χ2n) is 9.68. The third-order valence-corrected chi connectivity index (χ3v) is 6.09. The molecule has 0 atom stereocenters. The Morgan fingerprint density at radius 1 is 1.18 bits per heavy atom. The van der Waals surface area contributed by atoms with Gasteiger partial charge >= 0.3 is 18.2 Å². The first-order valence-corrected chi connectivity index (χ1v) is 12.4. The lowest BCUT2D eigenvalue weighted by Crippen LogP contribution is -2.37. The van der Waals surface area contributed by atoms with E-state index in [0.717, 1.165) is 10.9 Å². The predicted octanol–water partition coefficient (Wildman–Crippen LogP) is 6.59. The lowest BCUT2D eigenvalue weighted by atomic mass is 10.0. The molecular formula is C26H25ClF4N4O4. The Bertz CT molecular complexity index is 1460. The standard InChI is InChI=1S/C26H25ClF4N4O4/c1-6-34(24(37)39-25(3,4)5)19-9-13(28)8-15-14(19)10-18-20(15)21(17(27)11-32-18)35-12-16(23(36)38-7-2)22(33-35)26(29,30)31/h8-9,11-12H,6-7,10H2,1-5H3. The van der Waals surface area contributed by atoms with E-state index in [9.17, 15) is 27.2 Å². The maximum absolute atomic E-state index is 15.0. The second-order valence-corrected chi connectivity index (χ2v) is 10.1. The smallest absolute Gasteiger partial charge is 0.436 e. The molecule has 0 saturated carbocycles. The van der Waals surface area contributed by atoms with Gasteiger partial charge in [-0.25, -0.2) is 18.7 Å². The Kier molecular flexibility index (Phi) is 7.37. The van der Waals surface area contributed by atoms with Gasteiger partial charge in [-0.3, -0.25) is 9.88 Å². The van der Waals surface area contributed by atoms with E-state index in [1.54, 1.807) is 27.7 Å². The van der Waals surface area contributed by atoms with Gasteiger partial charge in [-0.05, 0) is 57.9 Å². The summed E-state index contributed by atoms with van der Waals surface area (Å²) >= 11 is 6.42. The van der Waals surface area contributed by atoms with Crippen molar-refractivity contribution >= 4 is 29.4 Å². The van der Waals surface area contributed by atoms with Crippen LogP contribution >= 0.6 is 11.6 Å². The van der Waals surface area contributed by atoms with Crippen LogP contribution in [0.2, 0.25) is 5.02 Å². The fraction of sp³-hybridized carbons (Fsp3) is 0.385. The van der Waals surface area contributed by atoms with Gasteiger partial charge in [0.05, 0.1) is 28.7 Å². The summed E-state index contributed by atoms with van der Waals surface area (Å²) in [7, 11) is 0. The summed E-state index contributed by atoms with van der Waals surface area (Å²) in [6.07, 6.45) is -3.42. The number of anilines is 1. The zero-order chi connectivity index (χ0) is 28.9. The molecule has 3 aromatic rings. The molecule has 13 heteroatoms. The molecule has 4 rings (SSSR count). The molecule has 0 unspecified atom stereocenters. The Hall–Kier alpha value is -3.67. The summed E-state index contributed by atoms with van der Waals surface area (Å²) < 4.78 is 67.5. The number of nitrogens with zero attached hydrogens (tertiary/aromatic N) is 4. The molecule has 0 N–H and O–H groups in total. The van der Waals surface area contributed by atoms with E-state index in [1.165, 1.54) is 30.2 Å². The van der Waals surface area contributed by atoms with Crippen LogP contribution in [0.1, 0.15) is 61.9 Å². The van der Waals surface area contributed by atoms with Crippen LogP contribution in [-0.4, -0.2) is 45.6 Å². The molecule has 1 aromatic carbocycles. The first-order chi connectivity index (χ1) is 18.2. The fourth-order valence-electron chi connectivity index (χ4n) is 4.37. The second kappa shape index (κ2) is 10.1. The van der Waals surface area contributed by atoms with E-state index >= 15 is 0 Å². The van der Waals surface area contributed by atoms with Crippen molar-refractivity contribution in [2.75, 3.05) is 18.1 Å². The molecule has 1 amide bonds. The molecule has 2 heterocycles. The monoisotopic (exact) mass is 568 g/mol. The van der Waals surface area contributed by atoms with Gasteiger partial charge in [0.25, 0.3) is 0 Å². The Morgan fingerprint density at radius 3 is 2.46 bits per heavy atom. The molecular weight excluding hydrogens is 544 g/mol. The molecule has 0 bridgehead atoms. The van der Waals surface area contributed by atoms with Crippen LogP contribution in [0.5, 0.6) is 0 Å². The molecule has 1 aliphatic rings. The third-order valence-electron chi connectivity index (χ3n) is 5.82. The highest BCUT2D eigenvalue weighted by atomic mass is 35.5. The SMILES string of the molecule is CCOC(=O)c1cn(-c2c(Cl)cnc3c2-c2cc(F)cc(N(CC)C(=O)OC(C)(C)C)c2C3)nc1C(F)(F)F. The summed E-state index contributed by atoms with van der Waals surface area (Å²) in [6.45, 7) is 8.27. The van der Waals surface area contributed by atoms with Gasteiger partial charge in [-0.15, -0.1) is 0 Å². The number of aromatic nitrogens is 3. The number of carbonyl (C=O) groups is 2. The molecule has 0 aliphatic heterocycles. The van der Waals surface area contributed by atoms with Crippen molar-refractivity contribution < 1.29 is 36.6 Å². The molecule has 0 saturated heterocycles. The fourth-order valence-corrected chi connectivity index (χ4v) is 4.60. The normalized spacial score (nSPS) is 12.7. The van der Waals surface area contributed by atoms with Crippen LogP contribution in [0, 0.1) is 5.82 Å². The van der Waals surface area contributed by atoms with Crippen LogP contribution in [0.4, 0.5) is 28.0 Å². The van der Waals surface area contributed by atoms with E-state index in [4.69, 9.17) is 21.1 Å². The van der Waals surface area contributed by atoms with Gasteiger partial charge in [0, 0.05) is 30.9 Å². The number of rotatable bonds is 5. The third kappa shape index (κ3) is 5.42. The van der Waals surface area contributed by atoms with Crippen LogP contribution in [0.25, 0.3) is 16.8 Å². The highest BCUT2D eigenvalue weighted by molar-refractivity contribution is 6.33. The number of fused-ring (bicyclic) bond motifs is 3. The van der Waals surface area contributed by atoms with Crippen molar-refractivity contribution in [2.24, 2.45) is 0 Å². The van der Waals surface area contributed by atoms with Crippen LogP contribution in [-0.2, 0) is 22.1 Å². The average Bonchev–Trinajstić information content (AvgIpc) is 3.41. The number of pyridine rings is 1. The Balaban J connectivity index is 1.92. The summed E-state index contributed by atoms with van der Waals surface area (Å²) in [4.78, 5) is 30.9.